The van der Waals surface area contributed by atoms with E-state index >= 15 is 0 Å². The third-order valence-electron chi connectivity index (χ3n) is 9.10. The van der Waals surface area contributed by atoms with Gasteiger partial charge in [-0.1, -0.05) is 167 Å². The number of phosphoric acid groups is 2. The van der Waals surface area contributed by atoms with Crippen LogP contribution < -0.4 is 0 Å². The molecule has 0 aromatic heterocycles. The maximum atomic E-state index is 12.2. The van der Waals surface area contributed by atoms with Gasteiger partial charge in [-0.15, -0.1) is 0 Å². The Morgan fingerprint density at radius 1 is 0.412 bits per heavy atom. The maximum Gasteiger partial charge on any atom is 0.472 e. The van der Waals surface area contributed by atoms with Crippen LogP contribution in [0, 0.1) is 0 Å². The molecule has 68 heavy (non-hydrogen) atoms. The number of hydrogen-bond donors (Lipinski definition) is 5. The lowest BCUT2D eigenvalue weighted by molar-refractivity contribution is -0.148. The fourth-order valence-corrected chi connectivity index (χ4v) is 6.97. The van der Waals surface area contributed by atoms with E-state index in [-0.39, 0.29) is 12.8 Å². The normalized spacial score (nSPS) is 16.0. The molecular weight excluding hydrogens is 914 g/mol. The van der Waals surface area contributed by atoms with Gasteiger partial charge in [0.05, 0.1) is 26.4 Å². The Bertz CT molecular complexity index is 1680. The van der Waals surface area contributed by atoms with E-state index < -0.39 is 85.5 Å². The third kappa shape index (κ3) is 47.5. The van der Waals surface area contributed by atoms with Gasteiger partial charge in [0.1, 0.15) is 31.5 Å². The molecule has 0 aromatic rings. The molecule has 17 heteroatoms. The molecule has 0 aliphatic rings. The number of aliphatic hydroxyl groups excluding tert-OH is 3. The molecule has 0 aromatic carbocycles. The number of carbonyl (C=O) groups excluding carboxylic acids is 2. The van der Waals surface area contributed by atoms with Gasteiger partial charge in [0.25, 0.3) is 0 Å². The van der Waals surface area contributed by atoms with Crippen LogP contribution in [0.5, 0.6) is 0 Å². The standard InChI is InChI=1S/C51H82O15P2/c1-3-5-7-9-11-13-15-17-19-21-22-24-26-28-30-32-34-36-38-40-51(56)62-42-48(53)44-64-68(59,60)66-46-49(54)45-65-67(57,58)63-43-47(52)41-61-50(55)39-37-35-33-31-29-27-25-23-20-18-16-14-12-10-8-6-4-2/h5,7,9,11-15,17-22,24-28,30,47-49,52-54H,3-4,6,8,10,16,23,29,31-46H2,1-2H3,(H,57,58)(H,59,60)/b7-5+,11-9+,14-12-,15-13-,19-17+,20-18-,22-21+,26-24+,27-25-,30-28+. The van der Waals surface area contributed by atoms with Crippen molar-refractivity contribution < 1.29 is 71.4 Å². The maximum absolute atomic E-state index is 12.2. The largest absolute Gasteiger partial charge is 0.472 e. The van der Waals surface area contributed by atoms with E-state index in [1.165, 1.54) is 19.3 Å². The first-order chi connectivity index (χ1) is 32.8. The van der Waals surface area contributed by atoms with E-state index in [2.05, 4.69) is 74.5 Å². The number of aliphatic hydroxyl groups is 3. The van der Waals surface area contributed by atoms with Crippen LogP contribution in [0.1, 0.15) is 129 Å². The molecule has 0 aliphatic carbocycles. The van der Waals surface area contributed by atoms with Crippen LogP contribution in [0.2, 0.25) is 0 Å². The van der Waals surface area contributed by atoms with Gasteiger partial charge in [-0.05, 0) is 70.6 Å². The number of phosphoric ester groups is 2. The number of rotatable bonds is 44. The Morgan fingerprint density at radius 3 is 1.15 bits per heavy atom. The molecule has 386 valence electrons. The number of unbranched alkanes of at least 4 members (excludes halogenated alkanes) is 10. The highest BCUT2D eigenvalue weighted by Crippen LogP contribution is 2.45. The number of allylic oxidation sites excluding steroid dienone is 20. The van der Waals surface area contributed by atoms with Crippen LogP contribution in [-0.4, -0.2) is 95.0 Å². The van der Waals surface area contributed by atoms with Gasteiger partial charge in [0.15, 0.2) is 0 Å². The summed E-state index contributed by atoms with van der Waals surface area (Å²) in [6, 6.07) is 0. The zero-order valence-corrected chi connectivity index (χ0v) is 42.3. The third-order valence-corrected chi connectivity index (χ3v) is 11.0. The fourth-order valence-electron chi connectivity index (χ4n) is 5.38. The Hall–Kier alpha value is -3.56. The first-order valence-electron chi connectivity index (χ1n) is 24.0. The summed E-state index contributed by atoms with van der Waals surface area (Å²) in [6.45, 7) is 0.121. The number of esters is 2. The van der Waals surface area contributed by atoms with Crippen molar-refractivity contribution in [3.05, 3.63) is 122 Å². The average molecular weight is 997 g/mol. The Labute approximate surface area is 406 Å². The average Bonchev–Trinajstić information content (AvgIpc) is 3.31. The molecule has 0 spiro atoms. The molecule has 0 rings (SSSR count). The quantitative estimate of drug-likeness (QED) is 0.0126. The van der Waals surface area contributed by atoms with E-state index in [1.54, 1.807) is 0 Å². The summed E-state index contributed by atoms with van der Waals surface area (Å²) in [4.78, 5) is 43.8. The summed E-state index contributed by atoms with van der Waals surface area (Å²) in [5, 5.41) is 30.0. The highest BCUT2D eigenvalue weighted by atomic mass is 31.2. The summed E-state index contributed by atoms with van der Waals surface area (Å²) in [5.41, 5.74) is 0. The van der Waals surface area contributed by atoms with Crippen LogP contribution >= 0.6 is 15.6 Å². The van der Waals surface area contributed by atoms with E-state index in [0.29, 0.717) is 12.8 Å². The first-order valence-corrected chi connectivity index (χ1v) is 27.0. The second kappa shape index (κ2) is 45.9. The van der Waals surface area contributed by atoms with Gasteiger partial charge < -0.3 is 34.6 Å². The second-order valence-electron chi connectivity index (χ2n) is 15.6. The molecule has 0 saturated heterocycles. The molecule has 0 fully saturated rings. The van der Waals surface area contributed by atoms with Crippen molar-refractivity contribution in [1.29, 1.82) is 0 Å². The lowest BCUT2D eigenvalue weighted by Gasteiger charge is -2.19. The Morgan fingerprint density at radius 2 is 0.735 bits per heavy atom. The van der Waals surface area contributed by atoms with Crippen molar-refractivity contribution in [2.45, 2.75) is 148 Å². The lowest BCUT2D eigenvalue weighted by atomic mass is 10.1. The van der Waals surface area contributed by atoms with Crippen molar-refractivity contribution in [2.75, 3.05) is 39.6 Å². The minimum atomic E-state index is -4.81. The van der Waals surface area contributed by atoms with E-state index in [9.17, 15) is 43.8 Å². The van der Waals surface area contributed by atoms with Gasteiger partial charge in [-0.25, -0.2) is 9.13 Å². The minimum absolute atomic E-state index is 0.136. The van der Waals surface area contributed by atoms with Crippen LogP contribution in [-0.2, 0) is 46.3 Å². The Kier molecular flexibility index (Phi) is 43.5. The van der Waals surface area contributed by atoms with Gasteiger partial charge in [-0.2, -0.15) is 0 Å². The highest BCUT2D eigenvalue weighted by molar-refractivity contribution is 7.47. The molecule has 5 N–H and O–H groups in total. The van der Waals surface area contributed by atoms with Gasteiger partial charge in [0.2, 0.25) is 0 Å². The van der Waals surface area contributed by atoms with Crippen molar-refractivity contribution in [3.8, 4) is 0 Å². The van der Waals surface area contributed by atoms with Crippen LogP contribution in [0.4, 0.5) is 0 Å². The number of ether oxygens (including phenoxy) is 2. The molecule has 0 amide bonds. The van der Waals surface area contributed by atoms with Gasteiger partial charge >= 0.3 is 27.6 Å². The molecule has 5 atom stereocenters. The predicted molar refractivity (Wildman–Crippen MR) is 269 cm³/mol. The van der Waals surface area contributed by atoms with Crippen molar-refractivity contribution in [3.63, 3.8) is 0 Å². The molecule has 5 unspecified atom stereocenters. The van der Waals surface area contributed by atoms with Crippen LogP contribution in [0.15, 0.2) is 122 Å². The molecule has 0 bridgehead atoms. The second-order valence-corrected chi connectivity index (χ2v) is 18.5. The van der Waals surface area contributed by atoms with E-state index in [0.717, 1.165) is 70.6 Å². The smallest absolute Gasteiger partial charge is 0.463 e. The van der Waals surface area contributed by atoms with Gasteiger partial charge in [0, 0.05) is 12.8 Å². The Balaban J connectivity index is 4.01. The fraction of sp³-hybridized carbons (Fsp3) is 0.569. The summed E-state index contributed by atoms with van der Waals surface area (Å²) in [7, 11) is -9.61. The number of carbonyl (C=O) groups is 2. The first kappa shape index (κ1) is 64.4. The highest BCUT2D eigenvalue weighted by Gasteiger charge is 2.28. The van der Waals surface area contributed by atoms with E-state index in [4.69, 9.17) is 9.47 Å². The van der Waals surface area contributed by atoms with Crippen LogP contribution in [0.25, 0.3) is 0 Å². The molecule has 15 nitrogen and oxygen atoms in total. The lowest BCUT2D eigenvalue weighted by Crippen LogP contribution is -2.25. The van der Waals surface area contributed by atoms with Crippen molar-refractivity contribution in [2.24, 2.45) is 0 Å². The molecule has 0 saturated carbocycles. The predicted octanol–water partition coefficient (Wildman–Crippen LogP) is 11.0. The summed E-state index contributed by atoms with van der Waals surface area (Å²) < 4.78 is 52.9. The summed E-state index contributed by atoms with van der Waals surface area (Å²) in [5.74, 6) is -1.07. The topological polar surface area (TPSA) is 225 Å². The monoisotopic (exact) mass is 997 g/mol. The number of hydrogen-bond acceptors (Lipinski definition) is 13. The van der Waals surface area contributed by atoms with Crippen molar-refractivity contribution >= 4 is 27.6 Å². The summed E-state index contributed by atoms with van der Waals surface area (Å²) >= 11 is 0. The van der Waals surface area contributed by atoms with Crippen molar-refractivity contribution in [1.82, 2.24) is 0 Å². The van der Waals surface area contributed by atoms with E-state index in [1.807, 2.05) is 79.0 Å². The van der Waals surface area contributed by atoms with Gasteiger partial charge in [-0.3, -0.25) is 27.7 Å². The SMILES string of the molecule is CC/C=C/C=C/C=C\C=C\C=C\C=C\C=C\CCCCCC(=O)OCC(O)COP(=O)(O)OCC(O)COP(=O)(O)OCC(O)COC(=O)CCCCCC/C=C\C/C=C\C/C=C\CCCCC. The summed E-state index contributed by atoms with van der Waals surface area (Å²) in [6.07, 6.45) is 51.8. The zero-order valence-electron chi connectivity index (χ0n) is 40.5. The molecule has 0 aliphatic heterocycles. The minimum Gasteiger partial charge on any atom is -0.463 e. The zero-order chi connectivity index (χ0) is 50.2. The molecular formula is C51H82O15P2. The molecule has 0 heterocycles. The van der Waals surface area contributed by atoms with Crippen LogP contribution in [0.3, 0.4) is 0 Å². The molecule has 0 radical (unpaired) electrons.